The number of benzene rings is 1. The van der Waals surface area contributed by atoms with Gasteiger partial charge in [0.1, 0.15) is 16.9 Å². The minimum absolute atomic E-state index is 0.153. The van der Waals surface area contributed by atoms with Gasteiger partial charge in [-0.15, -0.1) is 0 Å². The summed E-state index contributed by atoms with van der Waals surface area (Å²) in [7, 11) is 0. The van der Waals surface area contributed by atoms with Crippen molar-refractivity contribution in [3.63, 3.8) is 0 Å². The first-order valence-corrected chi connectivity index (χ1v) is 5.52. The van der Waals surface area contributed by atoms with Crippen molar-refractivity contribution in [3.8, 4) is 0 Å². The van der Waals surface area contributed by atoms with Crippen LogP contribution < -0.4 is 5.63 Å². The number of nitro groups is 1. The number of non-ortho nitro benzene ring substituents is 1. The fourth-order valence-electron chi connectivity index (χ4n) is 1.67. The van der Waals surface area contributed by atoms with Crippen LogP contribution in [-0.2, 0) is 4.79 Å². The number of rotatable bonds is 3. The minimum atomic E-state index is -0.832. The van der Waals surface area contributed by atoms with Crippen LogP contribution in [0.4, 0.5) is 5.69 Å². The normalized spacial score (nSPS) is 11.6. The van der Waals surface area contributed by atoms with Crippen molar-refractivity contribution in [2.45, 2.75) is 6.92 Å². The van der Waals surface area contributed by atoms with E-state index in [0.29, 0.717) is 0 Å². The quantitative estimate of drug-likeness (QED) is 0.302. The lowest BCUT2D eigenvalue weighted by Crippen LogP contribution is -2.07. The molecule has 1 aromatic carbocycles. The third-order valence-corrected chi connectivity index (χ3v) is 2.54. The third-order valence-electron chi connectivity index (χ3n) is 2.54. The predicted octanol–water partition coefficient (Wildman–Crippen LogP) is 2.19. The van der Waals surface area contributed by atoms with Crippen molar-refractivity contribution < 1.29 is 19.2 Å². The molecule has 0 saturated carbocycles. The van der Waals surface area contributed by atoms with Crippen LogP contribution in [0, 0.1) is 10.1 Å². The van der Waals surface area contributed by atoms with Gasteiger partial charge in [0, 0.05) is 23.6 Å². The second kappa shape index (κ2) is 4.96. The number of aliphatic hydroxyl groups excluding tert-OH is 1. The van der Waals surface area contributed by atoms with Gasteiger partial charge in [0.2, 0.25) is 0 Å². The molecule has 0 saturated heterocycles. The van der Waals surface area contributed by atoms with Crippen LogP contribution in [0.3, 0.4) is 0 Å². The van der Waals surface area contributed by atoms with Gasteiger partial charge in [-0.1, -0.05) is 0 Å². The number of nitrogens with zero attached hydrogens (tertiary/aromatic N) is 1. The van der Waals surface area contributed by atoms with E-state index in [2.05, 4.69) is 0 Å². The van der Waals surface area contributed by atoms with Crippen molar-refractivity contribution in [1.29, 1.82) is 0 Å². The highest BCUT2D eigenvalue weighted by Gasteiger charge is 2.13. The van der Waals surface area contributed by atoms with Gasteiger partial charge in [-0.2, -0.15) is 0 Å². The average Bonchev–Trinajstić information content (AvgIpc) is 2.36. The van der Waals surface area contributed by atoms with Gasteiger partial charge >= 0.3 is 5.63 Å². The Morgan fingerprint density at radius 3 is 2.70 bits per heavy atom. The Balaban J connectivity index is 2.68. The first-order valence-electron chi connectivity index (χ1n) is 5.52. The first-order chi connectivity index (χ1) is 9.38. The second-order valence-electron chi connectivity index (χ2n) is 4.07. The van der Waals surface area contributed by atoms with Crippen LogP contribution >= 0.6 is 0 Å². The lowest BCUT2D eigenvalue weighted by molar-refractivity contribution is -0.384. The Morgan fingerprint density at radius 1 is 1.40 bits per heavy atom. The molecule has 7 nitrogen and oxygen atoms in total. The summed E-state index contributed by atoms with van der Waals surface area (Å²) in [6, 6.07) is 4.95. The number of hydrogen-bond acceptors (Lipinski definition) is 6. The molecule has 0 radical (unpaired) electrons. The molecule has 0 amide bonds. The Morgan fingerprint density at radius 2 is 2.10 bits per heavy atom. The van der Waals surface area contributed by atoms with E-state index < -0.39 is 22.1 Å². The molecule has 1 heterocycles. The van der Waals surface area contributed by atoms with Crippen molar-refractivity contribution in [1.82, 2.24) is 0 Å². The zero-order valence-corrected chi connectivity index (χ0v) is 10.3. The molecular formula is C13H9NO6. The molecule has 0 aliphatic rings. The first kappa shape index (κ1) is 13.5. The maximum atomic E-state index is 11.7. The van der Waals surface area contributed by atoms with Crippen molar-refractivity contribution >= 4 is 28.2 Å². The summed E-state index contributed by atoms with van der Waals surface area (Å²) in [6.07, 6.45) is 0.870. The number of hydrogen-bond donors (Lipinski definition) is 1. The van der Waals surface area contributed by atoms with Crippen molar-refractivity contribution in [2.24, 2.45) is 0 Å². The second-order valence-corrected chi connectivity index (χ2v) is 4.07. The van der Waals surface area contributed by atoms with Gasteiger partial charge in [-0.3, -0.25) is 14.9 Å². The van der Waals surface area contributed by atoms with Gasteiger partial charge in [-0.05, 0) is 19.1 Å². The lowest BCUT2D eigenvalue weighted by Gasteiger charge is -2.01. The molecule has 1 aromatic heterocycles. The largest absolute Gasteiger partial charge is 0.507 e. The molecule has 1 N–H and O–H groups in total. The average molecular weight is 275 g/mol. The highest BCUT2D eigenvalue weighted by molar-refractivity contribution is 5.94. The van der Waals surface area contributed by atoms with Crippen LogP contribution in [0.15, 0.2) is 39.6 Å². The van der Waals surface area contributed by atoms with E-state index in [1.54, 1.807) is 0 Å². The summed E-state index contributed by atoms with van der Waals surface area (Å²) in [4.78, 5) is 32.6. The molecule has 102 valence electrons. The lowest BCUT2D eigenvalue weighted by atomic mass is 10.1. The number of nitro benzene ring substituents is 1. The number of carbonyl (C=O) groups excluding carboxylic acids is 1. The molecule has 2 aromatic rings. The van der Waals surface area contributed by atoms with E-state index in [1.165, 1.54) is 31.2 Å². The maximum Gasteiger partial charge on any atom is 0.347 e. The van der Waals surface area contributed by atoms with Crippen LogP contribution in [0.5, 0.6) is 0 Å². The van der Waals surface area contributed by atoms with E-state index in [0.717, 1.165) is 6.08 Å². The third kappa shape index (κ3) is 2.56. The highest BCUT2D eigenvalue weighted by Crippen LogP contribution is 2.22. The van der Waals surface area contributed by atoms with Gasteiger partial charge in [0.05, 0.1) is 4.92 Å². The van der Waals surface area contributed by atoms with Crippen LogP contribution in [0.2, 0.25) is 0 Å². The number of ketones is 1. The summed E-state index contributed by atoms with van der Waals surface area (Å²) in [5, 5.41) is 20.6. The smallest absolute Gasteiger partial charge is 0.347 e. The molecule has 7 heteroatoms. The number of carbonyl (C=O) groups is 1. The fourth-order valence-corrected chi connectivity index (χ4v) is 1.67. The summed E-state index contributed by atoms with van der Waals surface area (Å²) in [6.45, 7) is 1.21. The van der Waals surface area contributed by atoms with Crippen LogP contribution in [-0.4, -0.2) is 15.8 Å². The zero-order chi connectivity index (χ0) is 14.9. The summed E-state index contributed by atoms with van der Waals surface area (Å²) >= 11 is 0. The van der Waals surface area contributed by atoms with Crippen LogP contribution in [0.1, 0.15) is 12.5 Å². The van der Waals surface area contributed by atoms with E-state index in [-0.39, 0.29) is 22.2 Å². The number of fused-ring (bicyclic) bond motifs is 1. The Labute approximate surface area is 111 Å². The van der Waals surface area contributed by atoms with Gasteiger partial charge < -0.3 is 9.52 Å². The number of aliphatic hydroxyl groups is 1. The standard InChI is InChI=1S/C13H9NO6/c1-7(15)4-11(16)10-6-8-5-9(14(18)19)2-3-12(8)20-13(10)17/h2-6,16H,1H3/b11-4-. The predicted molar refractivity (Wildman–Crippen MR) is 70.4 cm³/mol. The molecule has 0 bridgehead atoms. The molecule has 20 heavy (non-hydrogen) atoms. The van der Waals surface area contributed by atoms with Gasteiger partial charge in [0.15, 0.2) is 5.78 Å². The monoisotopic (exact) mass is 275 g/mol. The van der Waals surface area contributed by atoms with Gasteiger partial charge in [-0.25, -0.2) is 4.79 Å². The van der Waals surface area contributed by atoms with Gasteiger partial charge in [0.25, 0.3) is 5.69 Å². The van der Waals surface area contributed by atoms with E-state index in [1.807, 2.05) is 0 Å². The van der Waals surface area contributed by atoms with Crippen LogP contribution in [0.25, 0.3) is 16.7 Å². The summed E-state index contributed by atoms with van der Waals surface area (Å²) < 4.78 is 4.94. The zero-order valence-electron chi connectivity index (χ0n) is 10.3. The maximum absolute atomic E-state index is 11.7. The van der Waals surface area contributed by atoms with Crippen molar-refractivity contribution in [2.75, 3.05) is 0 Å². The molecule has 0 spiro atoms. The molecule has 0 aliphatic heterocycles. The summed E-state index contributed by atoms with van der Waals surface area (Å²) in [5.74, 6) is -0.985. The highest BCUT2D eigenvalue weighted by atomic mass is 16.6. The van der Waals surface area contributed by atoms with Crippen molar-refractivity contribution in [3.05, 3.63) is 56.4 Å². The molecule has 0 fully saturated rings. The molecule has 0 atom stereocenters. The number of allylic oxidation sites excluding steroid dienone is 1. The van der Waals surface area contributed by atoms with E-state index >= 15 is 0 Å². The molecule has 0 unspecified atom stereocenters. The van der Waals surface area contributed by atoms with E-state index in [9.17, 15) is 24.8 Å². The minimum Gasteiger partial charge on any atom is -0.507 e. The Hall–Kier alpha value is -2.96. The Bertz CT molecular complexity index is 802. The SMILES string of the molecule is CC(=O)/C=C(\O)c1cc2cc([N+](=O)[O-])ccc2oc1=O. The molecular weight excluding hydrogens is 266 g/mol. The Kier molecular flexibility index (Phi) is 3.34. The summed E-state index contributed by atoms with van der Waals surface area (Å²) in [5.41, 5.74) is -1.08. The topological polar surface area (TPSA) is 111 Å². The molecule has 2 rings (SSSR count). The fraction of sp³-hybridized carbons (Fsp3) is 0.0769. The molecule has 0 aliphatic carbocycles. The van der Waals surface area contributed by atoms with E-state index in [4.69, 9.17) is 4.42 Å².